The number of hydrogen-bond acceptors (Lipinski definition) is 3. The number of benzene rings is 2. The quantitative estimate of drug-likeness (QED) is 0.700. The maximum absolute atomic E-state index is 13.2. The third-order valence-electron chi connectivity index (χ3n) is 5.12. The van der Waals surface area contributed by atoms with Crippen LogP contribution in [0.15, 0.2) is 67.0 Å². The molecule has 0 fully saturated rings. The fourth-order valence-corrected chi connectivity index (χ4v) is 3.47. The topological polar surface area (TPSA) is 48.1 Å². The molecule has 1 aromatic heterocycles. The summed E-state index contributed by atoms with van der Waals surface area (Å²) in [5, 5.41) is 0. The number of aromatic nitrogens is 1. The van der Waals surface area contributed by atoms with Gasteiger partial charge in [0.2, 0.25) is 0 Å². The molecule has 1 aliphatic heterocycles. The van der Waals surface area contributed by atoms with E-state index >= 15 is 0 Å². The van der Waals surface area contributed by atoms with Crippen molar-refractivity contribution in [3.8, 4) is 16.9 Å². The van der Waals surface area contributed by atoms with Crippen molar-refractivity contribution in [2.24, 2.45) is 5.73 Å². The van der Waals surface area contributed by atoms with Gasteiger partial charge in [-0.3, -0.25) is 4.98 Å². The third kappa shape index (κ3) is 3.82. The van der Waals surface area contributed by atoms with Crippen LogP contribution in [-0.2, 0) is 12.0 Å². The Morgan fingerprint density at radius 3 is 2.59 bits per heavy atom. The van der Waals surface area contributed by atoms with Gasteiger partial charge in [-0.15, -0.1) is 12.4 Å². The summed E-state index contributed by atoms with van der Waals surface area (Å²) in [5.74, 6) is 0.652. The first-order valence-corrected chi connectivity index (χ1v) is 8.79. The molecule has 5 heteroatoms. The molecule has 2 aromatic carbocycles. The van der Waals surface area contributed by atoms with Crippen molar-refractivity contribution in [3.63, 3.8) is 0 Å². The molecule has 0 spiro atoms. The predicted octanol–water partition coefficient (Wildman–Crippen LogP) is 4.88. The fourth-order valence-electron chi connectivity index (χ4n) is 3.47. The van der Waals surface area contributed by atoms with E-state index in [-0.39, 0.29) is 24.3 Å². The van der Waals surface area contributed by atoms with E-state index in [2.05, 4.69) is 11.1 Å². The Labute approximate surface area is 164 Å². The molecule has 0 bridgehead atoms. The maximum Gasteiger partial charge on any atom is 0.123 e. The first kappa shape index (κ1) is 19.3. The summed E-state index contributed by atoms with van der Waals surface area (Å²) in [5.41, 5.74) is 9.98. The minimum Gasteiger partial charge on any atom is -0.488 e. The lowest BCUT2D eigenvalue weighted by molar-refractivity contribution is 0.0958. The van der Waals surface area contributed by atoms with E-state index in [0.717, 1.165) is 35.3 Å². The van der Waals surface area contributed by atoms with Gasteiger partial charge < -0.3 is 10.5 Å². The van der Waals surface area contributed by atoms with Crippen molar-refractivity contribution in [2.45, 2.75) is 31.4 Å². The van der Waals surface area contributed by atoms with Gasteiger partial charge in [-0.2, -0.15) is 0 Å². The maximum atomic E-state index is 13.2. The molecule has 0 saturated heterocycles. The number of halogens is 2. The van der Waals surface area contributed by atoms with Crippen molar-refractivity contribution in [2.75, 3.05) is 0 Å². The molecular weight excluding hydrogens is 363 g/mol. The Hall–Kier alpha value is -2.43. The molecular formula is C22H22ClFN2O. The second kappa shape index (κ2) is 7.67. The monoisotopic (exact) mass is 384 g/mol. The van der Waals surface area contributed by atoms with Gasteiger partial charge in [0.05, 0.1) is 5.54 Å². The summed E-state index contributed by atoms with van der Waals surface area (Å²) in [6, 6.07) is 16.5. The van der Waals surface area contributed by atoms with E-state index in [1.54, 1.807) is 24.5 Å². The van der Waals surface area contributed by atoms with Crippen molar-refractivity contribution in [1.82, 2.24) is 4.98 Å². The Bertz CT molecular complexity index is 928. The van der Waals surface area contributed by atoms with E-state index < -0.39 is 5.54 Å². The van der Waals surface area contributed by atoms with Crippen LogP contribution in [0, 0.1) is 5.82 Å². The lowest BCUT2D eigenvalue weighted by Crippen LogP contribution is -2.49. The van der Waals surface area contributed by atoms with Crippen LogP contribution in [0.25, 0.3) is 11.1 Å². The zero-order chi connectivity index (χ0) is 18.1. The van der Waals surface area contributed by atoms with E-state index in [1.165, 1.54) is 17.7 Å². The highest BCUT2D eigenvalue weighted by Crippen LogP contribution is 2.35. The van der Waals surface area contributed by atoms with Gasteiger partial charge in [0, 0.05) is 18.0 Å². The molecule has 0 saturated carbocycles. The van der Waals surface area contributed by atoms with Gasteiger partial charge in [0.1, 0.15) is 17.7 Å². The highest BCUT2D eigenvalue weighted by molar-refractivity contribution is 5.85. The summed E-state index contributed by atoms with van der Waals surface area (Å²) in [7, 11) is 0. The average molecular weight is 385 g/mol. The lowest BCUT2D eigenvalue weighted by Gasteiger charge is -2.38. The number of fused-ring (bicyclic) bond motifs is 1. The van der Waals surface area contributed by atoms with Crippen molar-refractivity contribution in [3.05, 3.63) is 83.9 Å². The molecule has 1 aliphatic rings. The molecule has 0 amide bonds. The van der Waals surface area contributed by atoms with E-state index in [1.807, 2.05) is 31.2 Å². The number of aryl methyl sites for hydroxylation is 1. The second-order valence-corrected chi connectivity index (χ2v) is 7.00. The van der Waals surface area contributed by atoms with Crippen LogP contribution < -0.4 is 10.5 Å². The molecule has 140 valence electrons. The van der Waals surface area contributed by atoms with Gasteiger partial charge >= 0.3 is 0 Å². The number of pyridine rings is 1. The fraction of sp³-hybridized carbons (Fsp3) is 0.227. The summed E-state index contributed by atoms with van der Waals surface area (Å²) >= 11 is 0. The van der Waals surface area contributed by atoms with Gasteiger partial charge in [0.25, 0.3) is 0 Å². The van der Waals surface area contributed by atoms with E-state index in [9.17, 15) is 4.39 Å². The predicted molar refractivity (Wildman–Crippen MR) is 108 cm³/mol. The molecule has 0 radical (unpaired) electrons. The Morgan fingerprint density at radius 1 is 1.07 bits per heavy atom. The molecule has 2 heterocycles. The number of hydrogen-bond donors (Lipinski definition) is 1. The molecule has 27 heavy (non-hydrogen) atoms. The van der Waals surface area contributed by atoms with Crippen LogP contribution in [0.3, 0.4) is 0 Å². The summed E-state index contributed by atoms with van der Waals surface area (Å²) in [4.78, 5) is 4.36. The third-order valence-corrected chi connectivity index (χ3v) is 5.12. The van der Waals surface area contributed by atoms with Gasteiger partial charge in [-0.1, -0.05) is 30.3 Å². The molecule has 2 N–H and O–H groups in total. The Kier molecular flexibility index (Phi) is 5.49. The Balaban J connectivity index is 0.00000210. The number of nitrogens with two attached hydrogens (primary N) is 1. The molecule has 2 atom stereocenters. The van der Waals surface area contributed by atoms with Crippen molar-refractivity contribution >= 4 is 12.4 Å². The van der Waals surface area contributed by atoms with Gasteiger partial charge in [-0.05, 0) is 60.7 Å². The molecule has 4 rings (SSSR count). The number of para-hydroxylation sites is 1. The highest BCUT2D eigenvalue weighted by atomic mass is 35.5. The molecule has 3 aromatic rings. The molecule has 1 unspecified atom stereocenters. The smallest absolute Gasteiger partial charge is 0.123 e. The van der Waals surface area contributed by atoms with Crippen LogP contribution in [0.2, 0.25) is 0 Å². The molecule has 3 nitrogen and oxygen atoms in total. The van der Waals surface area contributed by atoms with Gasteiger partial charge in [0.15, 0.2) is 0 Å². The first-order chi connectivity index (χ1) is 12.5. The normalized spacial score (nSPS) is 17.8. The lowest BCUT2D eigenvalue weighted by atomic mass is 9.83. The number of ether oxygens (including phenoxy) is 1. The summed E-state index contributed by atoms with van der Waals surface area (Å²) < 4.78 is 19.4. The SMILES string of the molecule is CC(N)(c1cncc(-c2ccc(F)cc2)c1)[C@@H]1CCc2ccccc2O1.Cl. The largest absolute Gasteiger partial charge is 0.488 e. The van der Waals surface area contributed by atoms with Crippen LogP contribution in [0.1, 0.15) is 24.5 Å². The van der Waals surface area contributed by atoms with Crippen LogP contribution >= 0.6 is 12.4 Å². The zero-order valence-corrected chi connectivity index (χ0v) is 15.9. The second-order valence-electron chi connectivity index (χ2n) is 7.00. The van der Waals surface area contributed by atoms with E-state index in [4.69, 9.17) is 10.5 Å². The van der Waals surface area contributed by atoms with Crippen LogP contribution in [0.5, 0.6) is 5.75 Å². The van der Waals surface area contributed by atoms with E-state index in [0.29, 0.717) is 0 Å². The number of nitrogens with zero attached hydrogens (tertiary/aromatic N) is 1. The van der Waals surface area contributed by atoms with Gasteiger partial charge in [-0.25, -0.2) is 4.39 Å². The summed E-state index contributed by atoms with van der Waals surface area (Å²) in [6.45, 7) is 1.98. The average Bonchev–Trinajstić information content (AvgIpc) is 2.68. The minimum absolute atomic E-state index is 0. The first-order valence-electron chi connectivity index (χ1n) is 8.79. The minimum atomic E-state index is -0.684. The standard InChI is InChI=1S/C22H21FN2O.ClH/c1-22(24,21-11-8-16-4-2-3-5-20(16)26-21)18-12-17(13-25-14-18)15-6-9-19(23)10-7-15;/h2-7,9-10,12-14,21H,8,11,24H2,1H3;1H/t21-,22?;/m0./s1. The number of rotatable bonds is 3. The van der Waals surface area contributed by atoms with Crippen LogP contribution in [-0.4, -0.2) is 11.1 Å². The van der Waals surface area contributed by atoms with Crippen LogP contribution in [0.4, 0.5) is 4.39 Å². The van der Waals surface area contributed by atoms with Crippen molar-refractivity contribution in [1.29, 1.82) is 0 Å². The highest BCUT2D eigenvalue weighted by Gasteiger charge is 2.36. The zero-order valence-electron chi connectivity index (χ0n) is 15.1. The summed E-state index contributed by atoms with van der Waals surface area (Å²) in [6.07, 6.45) is 5.22. The Morgan fingerprint density at radius 2 is 1.81 bits per heavy atom. The molecule has 0 aliphatic carbocycles. The van der Waals surface area contributed by atoms with Crippen molar-refractivity contribution < 1.29 is 9.13 Å².